The second kappa shape index (κ2) is 6.19. The average Bonchev–Trinajstić information content (AvgIpc) is 2.83. The first kappa shape index (κ1) is 19.6. The predicted molar refractivity (Wildman–Crippen MR) is 99.0 cm³/mol. The minimum atomic E-state index is -0.642. The molecule has 8 heteroatoms. The Bertz CT molecular complexity index is 886. The van der Waals surface area contributed by atoms with Gasteiger partial charge in [-0.2, -0.15) is 5.10 Å². The molecule has 0 saturated heterocycles. The van der Waals surface area contributed by atoms with E-state index in [1.54, 1.807) is 4.68 Å². The van der Waals surface area contributed by atoms with Gasteiger partial charge in [0, 0.05) is 16.9 Å². The van der Waals surface area contributed by atoms with Crippen LogP contribution in [-0.2, 0) is 10.8 Å². The molecule has 0 saturated carbocycles. The summed E-state index contributed by atoms with van der Waals surface area (Å²) in [5, 5.41) is 27.2. The monoisotopic (exact) mass is 360 g/mol. The van der Waals surface area contributed by atoms with E-state index in [0.29, 0.717) is 0 Å². The molecule has 2 aromatic rings. The molecule has 0 fully saturated rings. The van der Waals surface area contributed by atoms with E-state index in [4.69, 9.17) is 0 Å². The summed E-state index contributed by atoms with van der Waals surface area (Å²) in [5.41, 5.74) is 1.66. The van der Waals surface area contributed by atoms with Gasteiger partial charge in [0.1, 0.15) is 5.69 Å². The van der Waals surface area contributed by atoms with Crippen LogP contribution in [0.1, 0.15) is 58.5 Å². The van der Waals surface area contributed by atoms with Crippen LogP contribution in [0.4, 0.5) is 11.4 Å². The number of nitro benzene ring substituents is 2. The molecule has 0 aliphatic carbocycles. The van der Waals surface area contributed by atoms with Crippen molar-refractivity contribution in [1.29, 1.82) is 0 Å². The molecule has 1 heterocycles. The maximum absolute atomic E-state index is 11.6. The maximum Gasteiger partial charge on any atom is 0.301 e. The lowest BCUT2D eigenvalue weighted by Crippen LogP contribution is -2.19. The van der Waals surface area contributed by atoms with E-state index in [0.717, 1.165) is 23.0 Å². The second-order valence-corrected chi connectivity index (χ2v) is 8.42. The molecule has 0 N–H and O–H groups in total. The van der Waals surface area contributed by atoms with E-state index in [2.05, 4.69) is 5.10 Å². The van der Waals surface area contributed by atoms with Gasteiger partial charge in [-0.3, -0.25) is 20.2 Å². The van der Waals surface area contributed by atoms with Crippen LogP contribution < -0.4 is 0 Å². The first-order valence-corrected chi connectivity index (χ1v) is 8.29. The lowest BCUT2D eigenvalue weighted by atomic mass is 9.84. The standard InChI is InChI=1S/C18H24N4O4/c1-11-15(17(2,3)4)19-20(16(11)18(5,6)7)13-9-8-12(21(23)24)10-14(13)22(25)26/h8-10H,1-7H3. The topological polar surface area (TPSA) is 104 Å². The smallest absolute Gasteiger partial charge is 0.258 e. The molecule has 140 valence electrons. The molecule has 26 heavy (non-hydrogen) atoms. The molecule has 0 atom stereocenters. The van der Waals surface area contributed by atoms with Crippen LogP contribution in [0.25, 0.3) is 5.69 Å². The van der Waals surface area contributed by atoms with E-state index in [1.807, 2.05) is 48.5 Å². The molecular weight excluding hydrogens is 336 g/mol. The Kier molecular flexibility index (Phi) is 4.66. The van der Waals surface area contributed by atoms with Gasteiger partial charge in [-0.15, -0.1) is 0 Å². The Morgan fingerprint density at radius 3 is 1.96 bits per heavy atom. The van der Waals surface area contributed by atoms with Crippen LogP contribution in [0.15, 0.2) is 18.2 Å². The fraction of sp³-hybridized carbons (Fsp3) is 0.500. The van der Waals surface area contributed by atoms with Crippen LogP contribution in [0, 0.1) is 27.2 Å². The molecule has 0 aliphatic rings. The number of hydrogen-bond donors (Lipinski definition) is 0. The Balaban J connectivity index is 2.88. The highest BCUT2D eigenvalue weighted by molar-refractivity contribution is 5.59. The number of non-ortho nitro benzene ring substituents is 1. The summed E-state index contributed by atoms with van der Waals surface area (Å²) in [7, 11) is 0. The van der Waals surface area contributed by atoms with Crippen molar-refractivity contribution < 1.29 is 9.85 Å². The van der Waals surface area contributed by atoms with Crippen molar-refractivity contribution in [2.24, 2.45) is 0 Å². The fourth-order valence-electron chi connectivity index (χ4n) is 3.21. The highest BCUT2D eigenvalue weighted by Crippen LogP contribution is 2.37. The lowest BCUT2D eigenvalue weighted by molar-refractivity contribution is -0.394. The number of aromatic nitrogens is 2. The van der Waals surface area contributed by atoms with Crippen LogP contribution >= 0.6 is 0 Å². The molecule has 0 spiro atoms. The largest absolute Gasteiger partial charge is 0.301 e. The number of nitrogens with zero attached hydrogens (tertiary/aromatic N) is 4. The minimum absolute atomic E-state index is 0.226. The van der Waals surface area contributed by atoms with Gasteiger partial charge >= 0.3 is 5.69 Å². The van der Waals surface area contributed by atoms with Gasteiger partial charge in [0.15, 0.2) is 0 Å². The summed E-state index contributed by atoms with van der Waals surface area (Å²) in [6, 6.07) is 3.64. The molecule has 0 amide bonds. The van der Waals surface area contributed by atoms with Gasteiger partial charge in [0.25, 0.3) is 5.69 Å². The van der Waals surface area contributed by atoms with Crippen LogP contribution in [0.3, 0.4) is 0 Å². The van der Waals surface area contributed by atoms with Crippen molar-refractivity contribution in [3.05, 3.63) is 55.4 Å². The van der Waals surface area contributed by atoms with Crippen molar-refractivity contribution in [3.8, 4) is 5.69 Å². The SMILES string of the molecule is Cc1c(C(C)(C)C)nn(-c2ccc([N+](=O)[O-])cc2[N+](=O)[O-])c1C(C)(C)C. The number of hydrogen-bond acceptors (Lipinski definition) is 5. The van der Waals surface area contributed by atoms with Gasteiger partial charge in [0.2, 0.25) is 0 Å². The molecule has 8 nitrogen and oxygen atoms in total. The molecule has 2 rings (SSSR count). The van der Waals surface area contributed by atoms with Crippen molar-refractivity contribution in [3.63, 3.8) is 0 Å². The summed E-state index contributed by atoms with van der Waals surface area (Å²) in [5.74, 6) is 0. The number of nitro groups is 2. The molecule has 1 aromatic carbocycles. The summed E-state index contributed by atoms with van der Waals surface area (Å²) in [6.07, 6.45) is 0. The summed E-state index contributed by atoms with van der Waals surface area (Å²) < 4.78 is 1.57. The Morgan fingerprint density at radius 2 is 1.54 bits per heavy atom. The maximum atomic E-state index is 11.6. The predicted octanol–water partition coefficient (Wildman–Crippen LogP) is 4.59. The van der Waals surface area contributed by atoms with Crippen molar-refractivity contribution in [2.45, 2.75) is 59.3 Å². The zero-order chi connectivity index (χ0) is 20.0. The number of rotatable bonds is 3. The Labute approximate surface area is 152 Å². The quantitative estimate of drug-likeness (QED) is 0.588. The van der Waals surface area contributed by atoms with E-state index in [9.17, 15) is 20.2 Å². The third-order valence-electron chi connectivity index (χ3n) is 4.14. The van der Waals surface area contributed by atoms with Gasteiger partial charge in [-0.25, -0.2) is 4.68 Å². The van der Waals surface area contributed by atoms with Crippen LogP contribution in [-0.4, -0.2) is 19.6 Å². The summed E-state index contributed by atoms with van der Waals surface area (Å²) >= 11 is 0. The average molecular weight is 360 g/mol. The normalized spacial score (nSPS) is 12.3. The van der Waals surface area contributed by atoms with E-state index < -0.39 is 9.85 Å². The highest BCUT2D eigenvalue weighted by atomic mass is 16.6. The van der Waals surface area contributed by atoms with Gasteiger partial charge in [-0.05, 0) is 18.6 Å². The van der Waals surface area contributed by atoms with Crippen molar-refractivity contribution in [2.75, 3.05) is 0 Å². The first-order valence-electron chi connectivity index (χ1n) is 8.29. The fourth-order valence-corrected chi connectivity index (χ4v) is 3.21. The molecule has 0 unspecified atom stereocenters. The van der Waals surface area contributed by atoms with E-state index in [-0.39, 0.29) is 27.9 Å². The lowest BCUT2D eigenvalue weighted by Gasteiger charge is -2.22. The molecule has 0 aliphatic heterocycles. The highest BCUT2D eigenvalue weighted by Gasteiger charge is 2.33. The van der Waals surface area contributed by atoms with Crippen molar-refractivity contribution >= 4 is 11.4 Å². The Morgan fingerprint density at radius 1 is 0.962 bits per heavy atom. The summed E-state index contributed by atoms with van der Waals surface area (Å²) in [4.78, 5) is 21.3. The third-order valence-corrected chi connectivity index (χ3v) is 4.14. The number of benzene rings is 1. The Hall–Kier alpha value is -2.77. The third kappa shape index (κ3) is 3.44. The molecular formula is C18H24N4O4. The van der Waals surface area contributed by atoms with Gasteiger partial charge < -0.3 is 0 Å². The zero-order valence-electron chi connectivity index (χ0n) is 16.2. The molecule has 0 bridgehead atoms. The minimum Gasteiger partial charge on any atom is -0.258 e. The first-order chi connectivity index (χ1) is 11.7. The van der Waals surface area contributed by atoms with Gasteiger partial charge in [-0.1, -0.05) is 41.5 Å². The molecule has 1 aromatic heterocycles. The van der Waals surface area contributed by atoms with E-state index >= 15 is 0 Å². The summed E-state index contributed by atoms with van der Waals surface area (Å²) in [6.45, 7) is 14.1. The van der Waals surface area contributed by atoms with E-state index in [1.165, 1.54) is 12.1 Å². The van der Waals surface area contributed by atoms with Crippen LogP contribution in [0.2, 0.25) is 0 Å². The van der Waals surface area contributed by atoms with Gasteiger partial charge in [0.05, 0.1) is 27.3 Å². The zero-order valence-corrected chi connectivity index (χ0v) is 16.2. The molecule has 0 radical (unpaired) electrons. The van der Waals surface area contributed by atoms with Crippen molar-refractivity contribution in [1.82, 2.24) is 9.78 Å². The second-order valence-electron chi connectivity index (χ2n) is 8.42. The van der Waals surface area contributed by atoms with Crippen LogP contribution in [0.5, 0.6) is 0 Å².